The molecule has 0 aromatic carbocycles. The Morgan fingerprint density at radius 1 is 0.917 bits per heavy atom. The monoisotopic (exact) mass is 331 g/mol. The van der Waals surface area contributed by atoms with Crippen molar-refractivity contribution in [1.29, 1.82) is 0 Å². The molecule has 0 bridgehead atoms. The van der Waals surface area contributed by atoms with Crippen molar-refractivity contribution in [3.05, 3.63) is 41.2 Å². The van der Waals surface area contributed by atoms with Crippen molar-refractivity contribution < 1.29 is 23.9 Å². The normalized spacial score (nSPS) is 11.1. The van der Waals surface area contributed by atoms with Gasteiger partial charge in [-0.1, -0.05) is 6.07 Å². The number of carbonyl (C=O) groups excluding carboxylic acids is 3. The summed E-state index contributed by atoms with van der Waals surface area (Å²) in [6, 6.07) is 5.10. The van der Waals surface area contributed by atoms with Crippen LogP contribution in [0.25, 0.3) is 5.52 Å². The molecular formula is C18H21NO5. The van der Waals surface area contributed by atoms with Gasteiger partial charge in [-0.3, -0.25) is 4.79 Å². The van der Waals surface area contributed by atoms with Gasteiger partial charge in [0.15, 0.2) is 5.78 Å². The van der Waals surface area contributed by atoms with Crippen LogP contribution < -0.4 is 0 Å². The summed E-state index contributed by atoms with van der Waals surface area (Å²) in [5.74, 6) is -1.71. The van der Waals surface area contributed by atoms with E-state index < -0.39 is 11.9 Å². The van der Waals surface area contributed by atoms with E-state index in [9.17, 15) is 14.4 Å². The minimum absolute atomic E-state index is 0.0481. The summed E-state index contributed by atoms with van der Waals surface area (Å²) in [5, 5.41) is 0. The third-order valence-electron chi connectivity index (χ3n) is 3.27. The standard InChI is InChI=1S/C18H21NO5/c1-10(2)23-17(21)14-13-8-6-7-9-19(13)16(12(5)20)15(14)18(22)24-11(3)4/h6-11H,1-5H3. The summed E-state index contributed by atoms with van der Waals surface area (Å²) in [7, 11) is 0. The Balaban J connectivity index is 2.79. The van der Waals surface area contributed by atoms with Crippen LogP contribution in [0.1, 0.15) is 65.8 Å². The first kappa shape index (κ1) is 17.7. The maximum atomic E-state index is 12.6. The van der Waals surface area contributed by atoms with E-state index in [1.54, 1.807) is 52.1 Å². The van der Waals surface area contributed by atoms with Crippen molar-refractivity contribution in [2.75, 3.05) is 0 Å². The van der Waals surface area contributed by atoms with Crippen LogP contribution in [0.5, 0.6) is 0 Å². The van der Waals surface area contributed by atoms with Crippen molar-refractivity contribution in [3.63, 3.8) is 0 Å². The topological polar surface area (TPSA) is 74.1 Å². The number of Topliss-reactive ketones (excluding diaryl/α,β-unsaturated/α-hetero) is 1. The van der Waals surface area contributed by atoms with Gasteiger partial charge in [0, 0.05) is 13.1 Å². The zero-order chi connectivity index (χ0) is 18.0. The molecule has 0 aliphatic rings. The van der Waals surface area contributed by atoms with Crippen LogP contribution in [-0.2, 0) is 9.47 Å². The van der Waals surface area contributed by atoms with Crippen molar-refractivity contribution in [1.82, 2.24) is 4.40 Å². The minimum atomic E-state index is -0.713. The molecule has 0 amide bonds. The summed E-state index contributed by atoms with van der Waals surface area (Å²) < 4.78 is 12.0. The molecular weight excluding hydrogens is 310 g/mol. The second-order valence-electron chi connectivity index (χ2n) is 6.02. The number of nitrogens with zero attached hydrogens (tertiary/aromatic N) is 1. The molecule has 2 heterocycles. The second kappa shape index (κ2) is 6.86. The number of pyridine rings is 1. The van der Waals surface area contributed by atoms with Gasteiger partial charge in [-0.25, -0.2) is 9.59 Å². The smallest absolute Gasteiger partial charge is 0.341 e. The zero-order valence-corrected chi connectivity index (χ0v) is 14.5. The Kier molecular flexibility index (Phi) is 5.07. The van der Waals surface area contributed by atoms with Gasteiger partial charge in [0.2, 0.25) is 0 Å². The average molecular weight is 331 g/mol. The summed E-state index contributed by atoms with van der Waals surface area (Å²) in [6.07, 6.45) is 0.893. The van der Waals surface area contributed by atoms with E-state index >= 15 is 0 Å². The molecule has 2 aromatic heterocycles. The van der Waals surface area contributed by atoms with Crippen LogP contribution in [0, 0.1) is 0 Å². The number of fused-ring (bicyclic) bond motifs is 1. The van der Waals surface area contributed by atoms with Crippen molar-refractivity contribution >= 4 is 23.2 Å². The predicted octanol–water partition coefficient (Wildman–Crippen LogP) is 3.27. The van der Waals surface area contributed by atoms with Crippen molar-refractivity contribution in [2.24, 2.45) is 0 Å². The molecule has 0 unspecified atom stereocenters. The molecule has 0 saturated carbocycles. The first-order valence-corrected chi connectivity index (χ1v) is 7.80. The van der Waals surface area contributed by atoms with Crippen LogP contribution in [0.2, 0.25) is 0 Å². The number of rotatable bonds is 5. The highest BCUT2D eigenvalue weighted by atomic mass is 16.5. The number of ketones is 1. The molecule has 0 atom stereocenters. The molecule has 0 spiro atoms. The number of ether oxygens (including phenoxy) is 2. The molecule has 2 rings (SSSR count). The van der Waals surface area contributed by atoms with Gasteiger partial charge in [0.1, 0.15) is 16.8 Å². The molecule has 0 fully saturated rings. The molecule has 24 heavy (non-hydrogen) atoms. The molecule has 0 aliphatic heterocycles. The van der Waals surface area contributed by atoms with Gasteiger partial charge in [0.25, 0.3) is 0 Å². The molecule has 128 valence electrons. The lowest BCUT2D eigenvalue weighted by Crippen LogP contribution is -2.19. The lowest BCUT2D eigenvalue weighted by atomic mass is 10.1. The summed E-state index contributed by atoms with van der Waals surface area (Å²) in [5.41, 5.74) is 0.559. The first-order chi connectivity index (χ1) is 11.2. The van der Waals surface area contributed by atoms with E-state index in [2.05, 4.69) is 0 Å². The molecule has 0 N–H and O–H groups in total. The first-order valence-electron chi connectivity index (χ1n) is 7.80. The van der Waals surface area contributed by atoms with Gasteiger partial charge in [0.05, 0.1) is 17.7 Å². The fraction of sp³-hybridized carbons (Fsp3) is 0.389. The Labute approximate surface area is 140 Å². The van der Waals surface area contributed by atoms with Gasteiger partial charge in [-0.2, -0.15) is 0 Å². The van der Waals surface area contributed by atoms with Gasteiger partial charge in [-0.05, 0) is 39.8 Å². The number of carbonyl (C=O) groups is 3. The average Bonchev–Trinajstić information content (AvgIpc) is 2.81. The van der Waals surface area contributed by atoms with E-state index in [-0.39, 0.29) is 34.8 Å². The molecule has 2 aromatic rings. The summed E-state index contributed by atoms with van der Waals surface area (Å²) in [4.78, 5) is 37.3. The van der Waals surface area contributed by atoms with E-state index in [1.165, 1.54) is 11.3 Å². The molecule has 0 saturated heterocycles. The van der Waals surface area contributed by atoms with Gasteiger partial charge < -0.3 is 13.9 Å². The third-order valence-corrected chi connectivity index (χ3v) is 3.27. The third kappa shape index (κ3) is 3.32. The highest BCUT2D eigenvalue weighted by Crippen LogP contribution is 2.27. The molecule has 0 aliphatic carbocycles. The van der Waals surface area contributed by atoms with E-state index in [0.717, 1.165) is 0 Å². The second-order valence-corrected chi connectivity index (χ2v) is 6.02. The quantitative estimate of drug-likeness (QED) is 0.621. The predicted molar refractivity (Wildman–Crippen MR) is 88.5 cm³/mol. The van der Waals surface area contributed by atoms with Crippen LogP contribution >= 0.6 is 0 Å². The number of hydrogen-bond acceptors (Lipinski definition) is 5. The van der Waals surface area contributed by atoms with Crippen LogP contribution in [0.3, 0.4) is 0 Å². The maximum absolute atomic E-state index is 12.6. The fourth-order valence-corrected chi connectivity index (χ4v) is 2.51. The fourth-order valence-electron chi connectivity index (χ4n) is 2.51. The Bertz CT molecular complexity index is 801. The summed E-state index contributed by atoms with van der Waals surface area (Å²) in [6.45, 7) is 8.18. The largest absolute Gasteiger partial charge is 0.459 e. The molecule has 6 heteroatoms. The Morgan fingerprint density at radius 2 is 1.46 bits per heavy atom. The minimum Gasteiger partial charge on any atom is -0.459 e. The Morgan fingerprint density at radius 3 is 1.96 bits per heavy atom. The van der Waals surface area contributed by atoms with Crippen LogP contribution in [-0.4, -0.2) is 34.3 Å². The number of esters is 2. The van der Waals surface area contributed by atoms with Crippen molar-refractivity contribution in [2.45, 2.75) is 46.8 Å². The highest BCUT2D eigenvalue weighted by molar-refractivity contribution is 6.15. The lowest BCUT2D eigenvalue weighted by Gasteiger charge is -2.11. The van der Waals surface area contributed by atoms with Crippen molar-refractivity contribution in [3.8, 4) is 0 Å². The molecule has 0 radical (unpaired) electrons. The summed E-state index contributed by atoms with van der Waals surface area (Å²) >= 11 is 0. The van der Waals surface area contributed by atoms with Crippen LogP contribution in [0.15, 0.2) is 24.4 Å². The Hall–Kier alpha value is -2.63. The van der Waals surface area contributed by atoms with E-state index in [4.69, 9.17) is 9.47 Å². The van der Waals surface area contributed by atoms with Gasteiger partial charge >= 0.3 is 11.9 Å². The van der Waals surface area contributed by atoms with E-state index in [1.807, 2.05) is 0 Å². The van der Waals surface area contributed by atoms with Crippen LogP contribution in [0.4, 0.5) is 0 Å². The number of aromatic nitrogens is 1. The van der Waals surface area contributed by atoms with Gasteiger partial charge in [-0.15, -0.1) is 0 Å². The van der Waals surface area contributed by atoms with E-state index in [0.29, 0.717) is 5.52 Å². The maximum Gasteiger partial charge on any atom is 0.341 e. The lowest BCUT2D eigenvalue weighted by molar-refractivity contribution is 0.0329. The highest BCUT2D eigenvalue weighted by Gasteiger charge is 2.32. The SMILES string of the molecule is CC(=O)c1c(C(=O)OC(C)C)c(C(=O)OC(C)C)c2ccccn12. The zero-order valence-electron chi connectivity index (χ0n) is 14.5. The molecule has 6 nitrogen and oxygen atoms in total. The number of hydrogen-bond donors (Lipinski definition) is 0.